The molecule has 0 aliphatic heterocycles. The van der Waals surface area contributed by atoms with Gasteiger partial charge >= 0.3 is 0 Å². The molecule has 1 rings (SSSR count). The van der Waals surface area contributed by atoms with E-state index in [1.54, 1.807) is 12.1 Å². The second-order valence-electron chi connectivity index (χ2n) is 2.84. The van der Waals surface area contributed by atoms with Crippen molar-refractivity contribution in [1.29, 1.82) is 0 Å². The van der Waals surface area contributed by atoms with Crippen molar-refractivity contribution < 1.29 is 13.9 Å². The van der Waals surface area contributed by atoms with Crippen molar-refractivity contribution >= 4 is 0 Å². The van der Waals surface area contributed by atoms with Gasteiger partial charge in [-0.15, -0.1) is 0 Å². The molecule has 0 unspecified atom stereocenters. The molecule has 0 aliphatic rings. The van der Waals surface area contributed by atoms with Crippen LogP contribution in [0.15, 0.2) is 18.2 Å². The zero-order valence-electron chi connectivity index (χ0n) is 8.13. The van der Waals surface area contributed by atoms with E-state index in [0.717, 1.165) is 0 Å². The van der Waals surface area contributed by atoms with E-state index >= 15 is 0 Å². The van der Waals surface area contributed by atoms with Gasteiger partial charge < -0.3 is 15.2 Å². The number of hydrogen-bond donors (Lipinski definition) is 1. The average molecular weight is 199 g/mol. The Hall–Kier alpha value is -1.13. The van der Waals surface area contributed by atoms with Gasteiger partial charge in [-0.2, -0.15) is 0 Å². The summed E-state index contributed by atoms with van der Waals surface area (Å²) in [7, 11) is 1.51. The molecular weight excluding hydrogens is 185 g/mol. The van der Waals surface area contributed by atoms with Crippen molar-refractivity contribution in [3.05, 3.63) is 29.6 Å². The van der Waals surface area contributed by atoms with Crippen molar-refractivity contribution in [2.24, 2.45) is 5.73 Å². The van der Waals surface area contributed by atoms with E-state index in [9.17, 15) is 4.39 Å². The molecule has 2 N–H and O–H groups in total. The van der Waals surface area contributed by atoms with Gasteiger partial charge in [0.15, 0.2) is 6.79 Å². The number of halogens is 1. The Morgan fingerprint density at radius 1 is 1.43 bits per heavy atom. The average Bonchev–Trinajstić information content (AvgIpc) is 2.19. The Kier molecular flexibility index (Phi) is 4.35. The summed E-state index contributed by atoms with van der Waals surface area (Å²) in [4.78, 5) is 0. The number of methoxy groups -OCH3 is 1. The van der Waals surface area contributed by atoms with Crippen LogP contribution >= 0.6 is 0 Å². The van der Waals surface area contributed by atoms with Gasteiger partial charge in [0.05, 0.1) is 0 Å². The van der Waals surface area contributed by atoms with Gasteiger partial charge in [0, 0.05) is 13.2 Å². The van der Waals surface area contributed by atoms with Crippen molar-refractivity contribution in [1.82, 2.24) is 0 Å². The largest absolute Gasteiger partial charge is 0.467 e. The lowest BCUT2D eigenvalue weighted by Gasteiger charge is -2.06. The number of benzene rings is 1. The zero-order valence-corrected chi connectivity index (χ0v) is 8.13. The molecule has 0 bridgehead atoms. The minimum absolute atomic E-state index is 0.121. The maximum atomic E-state index is 13.3. The normalized spacial score (nSPS) is 10.2. The lowest BCUT2D eigenvalue weighted by Crippen LogP contribution is -2.05. The van der Waals surface area contributed by atoms with Crippen LogP contribution in [0, 0.1) is 5.82 Å². The minimum atomic E-state index is -0.288. The van der Waals surface area contributed by atoms with Crippen LogP contribution in [0.5, 0.6) is 5.75 Å². The Labute approximate surface area is 82.6 Å². The summed E-state index contributed by atoms with van der Waals surface area (Å²) in [5, 5.41) is 0. The number of nitrogens with two attached hydrogens (primary N) is 1. The fourth-order valence-corrected chi connectivity index (χ4v) is 1.10. The molecule has 0 fully saturated rings. The van der Waals surface area contributed by atoms with Crippen LogP contribution in [0.4, 0.5) is 4.39 Å². The predicted molar refractivity (Wildman–Crippen MR) is 51.7 cm³/mol. The molecule has 1 aromatic rings. The fourth-order valence-electron chi connectivity index (χ4n) is 1.10. The van der Waals surface area contributed by atoms with Crippen LogP contribution < -0.4 is 10.5 Å². The van der Waals surface area contributed by atoms with E-state index in [0.29, 0.717) is 24.3 Å². The van der Waals surface area contributed by atoms with E-state index in [1.165, 1.54) is 13.2 Å². The van der Waals surface area contributed by atoms with Crippen LogP contribution in [0.3, 0.4) is 0 Å². The van der Waals surface area contributed by atoms with Crippen LogP contribution in [0.2, 0.25) is 0 Å². The highest BCUT2D eigenvalue weighted by Gasteiger charge is 2.03. The van der Waals surface area contributed by atoms with Gasteiger partial charge in [0.25, 0.3) is 0 Å². The summed E-state index contributed by atoms with van der Waals surface area (Å²) in [6.45, 7) is 0.560. The smallest absolute Gasteiger partial charge is 0.188 e. The van der Waals surface area contributed by atoms with Crippen LogP contribution in [0.1, 0.15) is 5.56 Å². The lowest BCUT2D eigenvalue weighted by atomic mass is 10.1. The maximum absolute atomic E-state index is 13.3. The molecule has 0 spiro atoms. The summed E-state index contributed by atoms with van der Waals surface area (Å²) in [5.41, 5.74) is 5.94. The highest BCUT2D eigenvalue weighted by molar-refractivity contribution is 5.29. The van der Waals surface area contributed by atoms with E-state index in [4.69, 9.17) is 15.2 Å². The monoisotopic (exact) mass is 199 g/mol. The first-order valence-electron chi connectivity index (χ1n) is 4.38. The number of hydrogen-bond acceptors (Lipinski definition) is 3. The highest BCUT2D eigenvalue weighted by atomic mass is 19.1. The van der Waals surface area contributed by atoms with Crippen LogP contribution in [0.25, 0.3) is 0 Å². The van der Waals surface area contributed by atoms with Crippen molar-refractivity contribution in [3.63, 3.8) is 0 Å². The second-order valence-corrected chi connectivity index (χ2v) is 2.84. The third-order valence-corrected chi connectivity index (χ3v) is 1.78. The molecule has 78 valence electrons. The topological polar surface area (TPSA) is 44.5 Å². The summed E-state index contributed by atoms with van der Waals surface area (Å²) in [5.74, 6) is 0.175. The standard InChI is InChI=1S/C10H14FNO2/c1-13-7-14-9-3-2-8(4-5-12)10(11)6-9/h2-3,6H,4-5,7,12H2,1H3. The third-order valence-electron chi connectivity index (χ3n) is 1.78. The molecule has 0 radical (unpaired) electrons. The quantitative estimate of drug-likeness (QED) is 0.727. The van der Waals surface area contributed by atoms with Crippen molar-refractivity contribution in [2.75, 3.05) is 20.4 Å². The van der Waals surface area contributed by atoms with Crippen LogP contribution in [-0.4, -0.2) is 20.4 Å². The zero-order chi connectivity index (χ0) is 10.4. The van der Waals surface area contributed by atoms with E-state index in [-0.39, 0.29) is 12.6 Å². The summed E-state index contributed by atoms with van der Waals surface area (Å²) < 4.78 is 23.1. The highest BCUT2D eigenvalue weighted by Crippen LogP contribution is 2.16. The second kappa shape index (κ2) is 5.57. The third kappa shape index (κ3) is 2.97. The molecular formula is C10H14FNO2. The first-order chi connectivity index (χ1) is 6.77. The predicted octanol–water partition coefficient (Wildman–Crippen LogP) is 1.31. The summed E-state index contributed by atoms with van der Waals surface area (Å²) in [6.07, 6.45) is 0.538. The van der Waals surface area contributed by atoms with E-state index in [1.807, 2.05) is 0 Å². The number of ether oxygens (including phenoxy) is 2. The van der Waals surface area contributed by atoms with Gasteiger partial charge in [0.2, 0.25) is 0 Å². The van der Waals surface area contributed by atoms with Gasteiger partial charge in [-0.05, 0) is 24.6 Å². The SMILES string of the molecule is COCOc1ccc(CCN)c(F)c1. The molecule has 4 heteroatoms. The first-order valence-corrected chi connectivity index (χ1v) is 4.38. The maximum Gasteiger partial charge on any atom is 0.188 e. The molecule has 0 atom stereocenters. The van der Waals surface area contributed by atoms with E-state index in [2.05, 4.69) is 0 Å². The Morgan fingerprint density at radius 3 is 2.79 bits per heavy atom. The Bertz CT molecular complexity index is 291. The molecule has 1 aromatic carbocycles. The van der Waals surface area contributed by atoms with E-state index < -0.39 is 0 Å². The van der Waals surface area contributed by atoms with Crippen LogP contribution in [-0.2, 0) is 11.2 Å². The Morgan fingerprint density at radius 2 is 2.21 bits per heavy atom. The number of rotatable bonds is 5. The molecule has 0 saturated carbocycles. The molecule has 3 nitrogen and oxygen atoms in total. The van der Waals surface area contributed by atoms with Crippen molar-refractivity contribution in [2.45, 2.75) is 6.42 Å². The van der Waals surface area contributed by atoms with Gasteiger partial charge in [0.1, 0.15) is 11.6 Å². The molecule has 14 heavy (non-hydrogen) atoms. The summed E-state index contributed by atoms with van der Waals surface area (Å²) in [6, 6.07) is 4.71. The van der Waals surface area contributed by atoms with Gasteiger partial charge in [-0.25, -0.2) is 4.39 Å². The summed E-state index contributed by atoms with van der Waals surface area (Å²) >= 11 is 0. The Balaban J connectivity index is 2.68. The first kappa shape index (κ1) is 10.9. The molecule has 0 aliphatic carbocycles. The molecule has 0 saturated heterocycles. The van der Waals surface area contributed by atoms with Gasteiger partial charge in [-0.1, -0.05) is 6.07 Å². The molecule has 0 aromatic heterocycles. The molecule has 0 amide bonds. The minimum Gasteiger partial charge on any atom is -0.467 e. The molecule has 0 heterocycles. The van der Waals surface area contributed by atoms with Gasteiger partial charge in [-0.3, -0.25) is 0 Å². The lowest BCUT2D eigenvalue weighted by molar-refractivity contribution is 0.0509. The van der Waals surface area contributed by atoms with Crippen molar-refractivity contribution in [3.8, 4) is 5.75 Å². The fraction of sp³-hybridized carbons (Fsp3) is 0.400.